The van der Waals surface area contributed by atoms with Crippen LogP contribution in [0.25, 0.3) is 0 Å². The highest BCUT2D eigenvalue weighted by Crippen LogP contribution is 2.42. The second kappa shape index (κ2) is 4.42. The maximum Gasteiger partial charge on any atom is 0.423 e. The van der Waals surface area contributed by atoms with Crippen molar-refractivity contribution in [2.45, 2.75) is 13.1 Å². The normalized spacial score (nSPS) is 11.1. The Morgan fingerprint density at radius 1 is 1.25 bits per heavy atom. The summed E-state index contributed by atoms with van der Waals surface area (Å²) < 4.78 is 47.1. The van der Waals surface area contributed by atoms with Gasteiger partial charge in [0.15, 0.2) is 0 Å². The quantitative estimate of drug-likeness (QED) is 0.583. The maximum absolute atomic E-state index is 12.7. The Morgan fingerprint density at radius 2 is 1.81 bits per heavy atom. The molecule has 0 N–H and O–H groups in total. The minimum atomic E-state index is -4.64. The zero-order valence-electron chi connectivity index (χ0n) is 8.59. The number of carbonyl (C=O) groups excluding carboxylic acids is 1. The van der Waals surface area contributed by atoms with Gasteiger partial charge < -0.3 is 9.47 Å². The lowest BCUT2D eigenvalue weighted by molar-refractivity contribution is -0.142. The predicted molar refractivity (Wildman–Crippen MR) is 49.3 cm³/mol. The molecule has 0 fully saturated rings. The molecule has 16 heavy (non-hydrogen) atoms. The van der Waals surface area contributed by atoms with E-state index in [2.05, 4.69) is 9.47 Å². The van der Waals surface area contributed by atoms with E-state index < -0.39 is 23.5 Å². The average Bonchev–Trinajstić information content (AvgIpc) is 2.14. The van der Waals surface area contributed by atoms with Gasteiger partial charge in [0.2, 0.25) is 0 Å². The summed E-state index contributed by atoms with van der Waals surface area (Å²) in [6.45, 7) is 1.03. The van der Waals surface area contributed by atoms with Crippen LogP contribution in [0, 0.1) is 0 Å². The van der Waals surface area contributed by atoms with Crippen molar-refractivity contribution in [3.63, 3.8) is 0 Å². The molecule has 0 bridgehead atoms. The standard InChI is InChI=1S/C10H9F3O3/c1-6(14)16-8-5-3-4-7(15-2)9(8)10(11,12)13/h3-5H,1-2H3. The molecule has 1 aromatic rings. The molecule has 0 spiro atoms. The Labute approximate surface area is 89.8 Å². The summed E-state index contributed by atoms with van der Waals surface area (Å²) in [6, 6.07) is 3.52. The van der Waals surface area contributed by atoms with Crippen LogP contribution in [0.5, 0.6) is 11.5 Å². The third-order valence-electron chi connectivity index (χ3n) is 1.75. The summed E-state index contributed by atoms with van der Waals surface area (Å²) in [5.74, 6) is -1.76. The average molecular weight is 234 g/mol. The summed E-state index contributed by atoms with van der Waals surface area (Å²) in [5.41, 5.74) is -1.09. The van der Waals surface area contributed by atoms with Gasteiger partial charge in [0.25, 0.3) is 0 Å². The zero-order valence-corrected chi connectivity index (χ0v) is 8.59. The molecule has 0 radical (unpaired) electrons. The molecule has 1 aromatic carbocycles. The maximum atomic E-state index is 12.7. The van der Waals surface area contributed by atoms with E-state index in [1.807, 2.05) is 0 Å². The number of benzene rings is 1. The van der Waals surface area contributed by atoms with Gasteiger partial charge in [-0.1, -0.05) is 6.07 Å². The van der Waals surface area contributed by atoms with Crippen molar-refractivity contribution in [2.24, 2.45) is 0 Å². The van der Waals surface area contributed by atoms with Crippen LogP contribution >= 0.6 is 0 Å². The van der Waals surface area contributed by atoms with E-state index >= 15 is 0 Å². The van der Waals surface area contributed by atoms with Crippen molar-refractivity contribution in [2.75, 3.05) is 7.11 Å². The molecule has 0 aromatic heterocycles. The summed E-state index contributed by atoms with van der Waals surface area (Å²) in [4.78, 5) is 10.7. The van der Waals surface area contributed by atoms with Crippen LogP contribution < -0.4 is 9.47 Å². The fourth-order valence-corrected chi connectivity index (χ4v) is 1.20. The first-order chi connectivity index (χ1) is 7.36. The fraction of sp³-hybridized carbons (Fsp3) is 0.300. The van der Waals surface area contributed by atoms with Gasteiger partial charge in [-0.05, 0) is 12.1 Å². The SMILES string of the molecule is COc1cccc(OC(C)=O)c1C(F)(F)F. The first-order valence-corrected chi connectivity index (χ1v) is 4.29. The third-order valence-corrected chi connectivity index (χ3v) is 1.75. The van der Waals surface area contributed by atoms with Crippen molar-refractivity contribution in [1.29, 1.82) is 0 Å². The van der Waals surface area contributed by atoms with E-state index in [4.69, 9.17) is 0 Å². The summed E-state index contributed by atoms with van der Waals surface area (Å²) in [6.07, 6.45) is -4.64. The van der Waals surface area contributed by atoms with E-state index in [9.17, 15) is 18.0 Å². The lowest BCUT2D eigenvalue weighted by Crippen LogP contribution is -2.12. The Balaban J connectivity index is 3.32. The molecule has 0 atom stereocenters. The van der Waals surface area contributed by atoms with Crippen molar-refractivity contribution < 1.29 is 27.4 Å². The fourth-order valence-electron chi connectivity index (χ4n) is 1.20. The van der Waals surface area contributed by atoms with E-state index in [-0.39, 0.29) is 5.75 Å². The summed E-state index contributed by atoms with van der Waals surface area (Å²) >= 11 is 0. The highest BCUT2D eigenvalue weighted by molar-refractivity contribution is 5.70. The lowest BCUT2D eigenvalue weighted by atomic mass is 10.1. The molecule has 0 aliphatic heterocycles. The van der Waals surface area contributed by atoms with Crippen LogP contribution in [0.3, 0.4) is 0 Å². The number of hydrogen-bond donors (Lipinski definition) is 0. The molecule has 0 saturated heterocycles. The highest BCUT2D eigenvalue weighted by Gasteiger charge is 2.38. The number of halogens is 3. The number of hydrogen-bond acceptors (Lipinski definition) is 3. The first kappa shape index (κ1) is 12.4. The Hall–Kier alpha value is -1.72. The molecule has 0 aliphatic carbocycles. The van der Waals surface area contributed by atoms with Gasteiger partial charge in [0.1, 0.15) is 17.1 Å². The lowest BCUT2D eigenvalue weighted by Gasteiger charge is -2.15. The van der Waals surface area contributed by atoms with E-state index in [0.29, 0.717) is 0 Å². The molecule has 0 amide bonds. The minimum Gasteiger partial charge on any atom is -0.496 e. The Morgan fingerprint density at radius 3 is 2.25 bits per heavy atom. The molecular formula is C10H9F3O3. The van der Waals surface area contributed by atoms with E-state index in [1.54, 1.807) is 0 Å². The first-order valence-electron chi connectivity index (χ1n) is 4.29. The van der Waals surface area contributed by atoms with Gasteiger partial charge in [0.05, 0.1) is 7.11 Å². The minimum absolute atomic E-state index is 0.383. The van der Waals surface area contributed by atoms with Gasteiger partial charge in [-0.3, -0.25) is 4.79 Å². The van der Waals surface area contributed by atoms with Crippen LogP contribution in [0.15, 0.2) is 18.2 Å². The molecule has 3 nitrogen and oxygen atoms in total. The van der Waals surface area contributed by atoms with Crippen LogP contribution in [-0.2, 0) is 11.0 Å². The Bertz CT molecular complexity index is 399. The molecule has 88 valence electrons. The van der Waals surface area contributed by atoms with Crippen molar-refractivity contribution >= 4 is 5.97 Å². The molecule has 0 aliphatic rings. The number of methoxy groups -OCH3 is 1. The smallest absolute Gasteiger partial charge is 0.423 e. The Kier molecular flexibility index (Phi) is 3.41. The highest BCUT2D eigenvalue weighted by atomic mass is 19.4. The van der Waals surface area contributed by atoms with Gasteiger partial charge in [0, 0.05) is 6.92 Å². The van der Waals surface area contributed by atoms with Crippen LogP contribution in [0.1, 0.15) is 12.5 Å². The largest absolute Gasteiger partial charge is 0.496 e. The van der Waals surface area contributed by atoms with Gasteiger partial charge in [-0.25, -0.2) is 0 Å². The summed E-state index contributed by atoms with van der Waals surface area (Å²) in [7, 11) is 1.11. The molecule has 0 saturated carbocycles. The van der Waals surface area contributed by atoms with Crippen molar-refractivity contribution in [3.05, 3.63) is 23.8 Å². The number of ether oxygens (including phenoxy) is 2. The number of rotatable bonds is 2. The second-order valence-corrected chi connectivity index (χ2v) is 2.92. The topological polar surface area (TPSA) is 35.5 Å². The molecular weight excluding hydrogens is 225 g/mol. The molecule has 1 rings (SSSR count). The molecule has 0 unspecified atom stereocenters. The van der Waals surface area contributed by atoms with Crippen molar-refractivity contribution in [3.8, 4) is 11.5 Å². The van der Waals surface area contributed by atoms with Crippen LogP contribution in [0.4, 0.5) is 13.2 Å². The van der Waals surface area contributed by atoms with Gasteiger partial charge >= 0.3 is 12.1 Å². The number of alkyl halides is 3. The van der Waals surface area contributed by atoms with Crippen LogP contribution in [0.2, 0.25) is 0 Å². The van der Waals surface area contributed by atoms with E-state index in [1.165, 1.54) is 6.07 Å². The number of esters is 1. The zero-order chi connectivity index (χ0) is 12.3. The van der Waals surface area contributed by atoms with Crippen molar-refractivity contribution in [1.82, 2.24) is 0 Å². The number of carbonyl (C=O) groups is 1. The third kappa shape index (κ3) is 2.65. The molecule has 6 heteroatoms. The monoisotopic (exact) mass is 234 g/mol. The van der Waals surface area contributed by atoms with Gasteiger partial charge in [-0.15, -0.1) is 0 Å². The van der Waals surface area contributed by atoms with Crippen LogP contribution in [-0.4, -0.2) is 13.1 Å². The van der Waals surface area contributed by atoms with E-state index in [0.717, 1.165) is 26.2 Å². The predicted octanol–water partition coefficient (Wildman–Crippen LogP) is 2.64. The van der Waals surface area contributed by atoms with Gasteiger partial charge in [-0.2, -0.15) is 13.2 Å². The molecule has 0 heterocycles. The summed E-state index contributed by atoms with van der Waals surface area (Å²) in [5, 5.41) is 0. The second-order valence-electron chi connectivity index (χ2n) is 2.92.